The van der Waals surface area contributed by atoms with E-state index in [2.05, 4.69) is 52.0 Å². The molecule has 0 bridgehead atoms. The number of phenols is 2. The molecule has 0 atom stereocenters. The molecule has 31 heavy (non-hydrogen) atoms. The van der Waals surface area contributed by atoms with E-state index >= 15 is 0 Å². The normalized spacial score (nSPS) is 20.5. The molecule has 2 aliphatic carbocycles. The second-order valence-corrected chi connectivity index (χ2v) is 11.1. The van der Waals surface area contributed by atoms with Crippen LogP contribution < -0.4 is 0 Å². The smallest absolute Gasteiger partial charge is 0.122 e. The molecular formula is C29H40O2. The van der Waals surface area contributed by atoms with E-state index in [0.29, 0.717) is 17.9 Å². The molecule has 0 saturated heterocycles. The highest BCUT2D eigenvalue weighted by Gasteiger charge is 2.34. The van der Waals surface area contributed by atoms with Crippen molar-refractivity contribution < 1.29 is 10.2 Å². The molecule has 2 aliphatic rings. The van der Waals surface area contributed by atoms with Gasteiger partial charge >= 0.3 is 0 Å². The largest absolute Gasteiger partial charge is 0.507 e. The van der Waals surface area contributed by atoms with Crippen molar-refractivity contribution in [3.05, 3.63) is 57.6 Å². The maximum atomic E-state index is 11.3. The van der Waals surface area contributed by atoms with Crippen LogP contribution in [0.2, 0.25) is 0 Å². The van der Waals surface area contributed by atoms with E-state index in [1.54, 1.807) is 0 Å². The highest BCUT2D eigenvalue weighted by molar-refractivity contribution is 5.53. The molecule has 2 aromatic rings. The Kier molecular flexibility index (Phi) is 6.12. The molecule has 2 saturated carbocycles. The monoisotopic (exact) mass is 420 g/mol. The fourth-order valence-electron chi connectivity index (χ4n) is 6.31. The van der Waals surface area contributed by atoms with Gasteiger partial charge in [0.05, 0.1) is 0 Å². The van der Waals surface area contributed by atoms with E-state index < -0.39 is 0 Å². The Morgan fingerprint density at radius 3 is 1.32 bits per heavy atom. The molecule has 2 fully saturated rings. The first-order valence-corrected chi connectivity index (χ1v) is 12.4. The topological polar surface area (TPSA) is 40.5 Å². The molecule has 2 N–H and O–H groups in total. The lowest BCUT2D eigenvalue weighted by Gasteiger charge is -2.36. The van der Waals surface area contributed by atoms with Crippen molar-refractivity contribution >= 4 is 0 Å². The summed E-state index contributed by atoms with van der Waals surface area (Å²) in [5.74, 6) is 0.891. The summed E-state index contributed by atoms with van der Waals surface area (Å²) in [5, 5.41) is 22.7. The van der Waals surface area contributed by atoms with Crippen molar-refractivity contribution in [2.75, 3.05) is 0 Å². The molecule has 0 heterocycles. The summed E-state index contributed by atoms with van der Waals surface area (Å²) >= 11 is 0. The van der Waals surface area contributed by atoms with Gasteiger partial charge in [-0.05, 0) is 61.5 Å². The summed E-state index contributed by atoms with van der Waals surface area (Å²) in [4.78, 5) is 0. The van der Waals surface area contributed by atoms with Gasteiger partial charge in [-0.2, -0.15) is 0 Å². The third-order valence-corrected chi connectivity index (χ3v) is 8.26. The van der Waals surface area contributed by atoms with Crippen LogP contribution in [0.3, 0.4) is 0 Å². The number of benzene rings is 2. The molecule has 0 radical (unpaired) electrons. The van der Waals surface area contributed by atoms with E-state index in [1.165, 1.54) is 49.7 Å². The quantitative estimate of drug-likeness (QED) is 0.531. The zero-order valence-corrected chi connectivity index (χ0v) is 20.0. The van der Waals surface area contributed by atoms with E-state index in [0.717, 1.165) is 47.9 Å². The first kappa shape index (κ1) is 22.2. The molecular weight excluding hydrogens is 380 g/mol. The minimum Gasteiger partial charge on any atom is -0.507 e. The average molecular weight is 421 g/mol. The summed E-state index contributed by atoms with van der Waals surface area (Å²) in [6.45, 7) is 8.89. The van der Waals surface area contributed by atoms with Crippen molar-refractivity contribution in [3.63, 3.8) is 0 Å². The van der Waals surface area contributed by atoms with E-state index in [9.17, 15) is 10.2 Å². The van der Waals surface area contributed by atoms with Crippen molar-refractivity contribution in [2.24, 2.45) is 0 Å². The summed E-state index contributed by atoms with van der Waals surface area (Å²) in [7, 11) is 0. The number of hydrogen-bond donors (Lipinski definition) is 2. The number of phenolic OH excluding ortho intramolecular Hbond substituents is 2. The molecule has 0 spiro atoms. The molecule has 0 amide bonds. The van der Waals surface area contributed by atoms with Gasteiger partial charge in [0.25, 0.3) is 0 Å². The summed E-state index contributed by atoms with van der Waals surface area (Å²) in [5.41, 5.74) is 6.60. The van der Waals surface area contributed by atoms with Gasteiger partial charge in [0.2, 0.25) is 0 Å². The fraction of sp³-hybridized carbons (Fsp3) is 0.586. The molecule has 168 valence electrons. The second-order valence-electron chi connectivity index (χ2n) is 11.1. The molecule has 0 unspecified atom stereocenters. The van der Waals surface area contributed by atoms with Gasteiger partial charge in [-0.25, -0.2) is 0 Å². The Bertz CT molecular complexity index is 866. The highest BCUT2D eigenvalue weighted by Crippen LogP contribution is 2.47. The van der Waals surface area contributed by atoms with Gasteiger partial charge < -0.3 is 10.2 Å². The predicted octanol–water partition coefficient (Wildman–Crippen LogP) is 7.75. The van der Waals surface area contributed by atoms with Crippen LogP contribution in [-0.2, 0) is 17.3 Å². The van der Waals surface area contributed by atoms with E-state index in [1.807, 2.05) is 0 Å². The van der Waals surface area contributed by atoms with Gasteiger partial charge in [0.15, 0.2) is 0 Å². The van der Waals surface area contributed by atoms with Crippen molar-refractivity contribution in [2.45, 2.75) is 109 Å². The van der Waals surface area contributed by atoms with Crippen LogP contribution >= 0.6 is 0 Å². The lowest BCUT2D eigenvalue weighted by molar-refractivity contribution is 0.306. The SMILES string of the molecule is Cc1cc(Cc2cc(C)cc(C3(C)CCCCC3)c2O)c(O)c(C2(C)CCCCC2)c1. The Balaban J connectivity index is 1.73. The minimum absolute atomic E-state index is 0.0541. The number of aromatic hydroxyl groups is 2. The summed E-state index contributed by atoms with van der Waals surface area (Å²) in [6.07, 6.45) is 12.7. The zero-order chi connectivity index (χ0) is 22.2. The van der Waals surface area contributed by atoms with Crippen LogP contribution in [0.1, 0.15) is 111 Å². The van der Waals surface area contributed by atoms with Gasteiger partial charge in [0.1, 0.15) is 11.5 Å². The van der Waals surface area contributed by atoms with E-state index in [4.69, 9.17) is 0 Å². The molecule has 4 rings (SSSR count). The van der Waals surface area contributed by atoms with Crippen molar-refractivity contribution in [1.29, 1.82) is 0 Å². The Labute approximate surface area is 188 Å². The number of aryl methyl sites for hydroxylation is 2. The Hall–Kier alpha value is -1.96. The minimum atomic E-state index is 0.0541. The van der Waals surface area contributed by atoms with Crippen LogP contribution in [0.5, 0.6) is 11.5 Å². The zero-order valence-electron chi connectivity index (χ0n) is 20.0. The molecule has 0 aromatic heterocycles. The van der Waals surface area contributed by atoms with Gasteiger partial charge in [0, 0.05) is 17.5 Å². The van der Waals surface area contributed by atoms with Crippen molar-refractivity contribution in [3.8, 4) is 11.5 Å². The molecule has 0 aliphatic heterocycles. The van der Waals surface area contributed by atoms with E-state index in [-0.39, 0.29) is 10.8 Å². The predicted molar refractivity (Wildman–Crippen MR) is 129 cm³/mol. The lowest BCUT2D eigenvalue weighted by Crippen LogP contribution is -2.26. The number of hydrogen-bond acceptors (Lipinski definition) is 2. The lowest BCUT2D eigenvalue weighted by atomic mass is 9.69. The highest BCUT2D eigenvalue weighted by atomic mass is 16.3. The summed E-state index contributed by atoms with van der Waals surface area (Å²) in [6, 6.07) is 8.59. The van der Waals surface area contributed by atoms with Gasteiger partial charge in [-0.1, -0.05) is 87.8 Å². The molecule has 2 aromatic carbocycles. The van der Waals surface area contributed by atoms with Crippen LogP contribution in [0.15, 0.2) is 24.3 Å². The third kappa shape index (κ3) is 4.36. The Morgan fingerprint density at radius 2 is 0.968 bits per heavy atom. The van der Waals surface area contributed by atoms with Crippen LogP contribution in [-0.4, -0.2) is 10.2 Å². The molecule has 2 heteroatoms. The van der Waals surface area contributed by atoms with Crippen LogP contribution in [0, 0.1) is 13.8 Å². The first-order chi connectivity index (χ1) is 14.7. The van der Waals surface area contributed by atoms with Gasteiger partial charge in [-0.15, -0.1) is 0 Å². The number of rotatable bonds is 4. The average Bonchev–Trinajstić information content (AvgIpc) is 2.73. The first-order valence-electron chi connectivity index (χ1n) is 12.4. The van der Waals surface area contributed by atoms with Crippen LogP contribution in [0.4, 0.5) is 0 Å². The molecule has 2 nitrogen and oxygen atoms in total. The standard InChI is InChI=1S/C29H40O2/c1-20-15-22(26(30)24(17-20)28(3)11-7-5-8-12-28)19-23-16-21(2)18-25(27(23)31)29(4)13-9-6-10-14-29/h15-18,30-31H,5-14,19H2,1-4H3. The van der Waals surface area contributed by atoms with Crippen LogP contribution in [0.25, 0.3) is 0 Å². The third-order valence-electron chi connectivity index (χ3n) is 8.26. The van der Waals surface area contributed by atoms with Crippen molar-refractivity contribution in [1.82, 2.24) is 0 Å². The second kappa shape index (κ2) is 8.52. The maximum absolute atomic E-state index is 11.3. The van der Waals surface area contributed by atoms with Gasteiger partial charge in [-0.3, -0.25) is 0 Å². The summed E-state index contributed by atoms with van der Waals surface area (Å²) < 4.78 is 0. The fourth-order valence-corrected chi connectivity index (χ4v) is 6.31. The Morgan fingerprint density at radius 1 is 0.613 bits per heavy atom. The maximum Gasteiger partial charge on any atom is 0.122 e.